The van der Waals surface area contributed by atoms with E-state index in [0.29, 0.717) is 17.5 Å². The van der Waals surface area contributed by atoms with Crippen LogP contribution in [0.2, 0.25) is 5.02 Å². The minimum atomic E-state index is -0.652. The number of aliphatic hydroxyl groups excluding tert-OH is 1. The fraction of sp³-hybridized carbons (Fsp3) is 0.571. The van der Waals surface area contributed by atoms with E-state index in [0.717, 1.165) is 25.9 Å². The van der Waals surface area contributed by atoms with E-state index in [1.807, 2.05) is 0 Å². The molecule has 2 rings (SSSR count). The second-order valence-corrected chi connectivity index (χ2v) is 5.26. The van der Waals surface area contributed by atoms with Crippen LogP contribution >= 0.6 is 11.6 Å². The van der Waals surface area contributed by atoms with Crippen LogP contribution in [0.3, 0.4) is 0 Å². The molecule has 0 saturated carbocycles. The summed E-state index contributed by atoms with van der Waals surface area (Å²) in [6.07, 6.45) is 3.16. The molecule has 2 atom stereocenters. The van der Waals surface area contributed by atoms with E-state index in [1.165, 1.54) is 6.07 Å². The van der Waals surface area contributed by atoms with Crippen LogP contribution in [-0.2, 0) is 4.74 Å². The molecule has 0 spiro atoms. The van der Waals surface area contributed by atoms with Crippen molar-refractivity contribution in [1.82, 2.24) is 0 Å². The lowest BCUT2D eigenvalue weighted by atomic mass is 10.00. The van der Waals surface area contributed by atoms with Gasteiger partial charge in [0.2, 0.25) is 0 Å². The molecular weight excluding hydrogens is 255 g/mol. The lowest BCUT2D eigenvalue weighted by molar-refractivity contribution is 0.0812. The van der Waals surface area contributed by atoms with E-state index in [1.54, 1.807) is 13.0 Å². The number of aryl methyl sites for hydroxylation is 1. The highest BCUT2D eigenvalue weighted by Gasteiger charge is 2.19. The number of benzene rings is 1. The van der Waals surface area contributed by atoms with E-state index in [9.17, 15) is 9.50 Å². The summed E-state index contributed by atoms with van der Waals surface area (Å²) in [5.74, 6) is -0.338. The average molecular weight is 273 g/mol. The molecule has 1 aromatic rings. The molecule has 2 nitrogen and oxygen atoms in total. The standard InChI is InChI=1S/C14H18ClFO2/c1-9-7-11(12(15)8-13(9)16)14(17)5-4-10-3-2-6-18-10/h7-8,10,14,17H,2-6H2,1H3. The van der Waals surface area contributed by atoms with E-state index in [4.69, 9.17) is 16.3 Å². The Kier molecular flexibility index (Phi) is 4.60. The second kappa shape index (κ2) is 6.00. The zero-order chi connectivity index (χ0) is 13.1. The molecule has 0 aromatic heterocycles. The van der Waals surface area contributed by atoms with Gasteiger partial charge in [-0.1, -0.05) is 11.6 Å². The topological polar surface area (TPSA) is 29.5 Å². The number of ether oxygens (including phenoxy) is 1. The highest BCUT2D eigenvalue weighted by atomic mass is 35.5. The summed E-state index contributed by atoms with van der Waals surface area (Å²) >= 11 is 5.96. The van der Waals surface area contributed by atoms with Crippen LogP contribution < -0.4 is 0 Å². The Labute approximate surface area is 112 Å². The molecule has 1 fully saturated rings. The lowest BCUT2D eigenvalue weighted by Gasteiger charge is -2.16. The molecule has 0 radical (unpaired) electrons. The first-order valence-corrected chi connectivity index (χ1v) is 6.71. The molecule has 1 saturated heterocycles. The highest BCUT2D eigenvalue weighted by molar-refractivity contribution is 6.31. The van der Waals surface area contributed by atoms with Crippen LogP contribution in [0.25, 0.3) is 0 Å². The Morgan fingerprint density at radius 1 is 1.56 bits per heavy atom. The van der Waals surface area contributed by atoms with Gasteiger partial charge in [0, 0.05) is 11.6 Å². The Morgan fingerprint density at radius 3 is 3.00 bits per heavy atom. The normalized spacial score (nSPS) is 21.2. The van der Waals surface area contributed by atoms with Gasteiger partial charge >= 0.3 is 0 Å². The number of hydrogen-bond acceptors (Lipinski definition) is 2. The van der Waals surface area contributed by atoms with Crippen molar-refractivity contribution in [2.75, 3.05) is 6.61 Å². The molecular formula is C14H18ClFO2. The molecule has 4 heteroatoms. The third-order valence-electron chi connectivity index (χ3n) is 3.42. The van der Waals surface area contributed by atoms with Gasteiger partial charge in [-0.25, -0.2) is 4.39 Å². The van der Waals surface area contributed by atoms with Gasteiger partial charge in [0.05, 0.1) is 12.2 Å². The molecule has 1 aromatic carbocycles. The van der Waals surface area contributed by atoms with Crippen molar-refractivity contribution in [3.8, 4) is 0 Å². The number of hydrogen-bond donors (Lipinski definition) is 1. The lowest BCUT2D eigenvalue weighted by Crippen LogP contribution is -2.08. The molecule has 0 aliphatic carbocycles. The summed E-state index contributed by atoms with van der Waals surface area (Å²) in [4.78, 5) is 0. The minimum Gasteiger partial charge on any atom is -0.388 e. The van der Waals surface area contributed by atoms with Gasteiger partial charge in [0.15, 0.2) is 0 Å². The van der Waals surface area contributed by atoms with Crippen molar-refractivity contribution in [3.63, 3.8) is 0 Å². The summed E-state index contributed by atoms with van der Waals surface area (Å²) in [5, 5.41) is 10.4. The van der Waals surface area contributed by atoms with Crippen molar-refractivity contribution in [2.24, 2.45) is 0 Å². The zero-order valence-electron chi connectivity index (χ0n) is 10.5. The maximum Gasteiger partial charge on any atom is 0.127 e. The zero-order valence-corrected chi connectivity index (χ0v) is 11.2. The summed E-state index contributed by atoms with van der Waals surface area (Å²) in [7, 11) is 0. The average Bonchev–Trinajstić information content (AvgIpc) is 2.84. The van der Waals surface area contributed by atoms with Gasteiger partial charge in [0.25, 0.3) is 0 Å². The monoisotopic (exact) mass is 272 g/mol. The maximum absolute atomic E-state index is 13.3. The molecule has 0 amide bonds. The third kappa shape index (κ3) is 3.22. The molecule has 2 unspecified atom stereocenters. The predicted octanol–water partition coefficient (Wildman–Crippen LogP) is 3.78. The predicted molar refractivity (Wildman–Crippen MR) is 69.3 cm³/mol. The van der Waals surface area contributed by atoms with Crippen LogP contribution in [-0.4, -0.2) is 17.8 Å². The van der Waals surface area contributed by atoms with Crippen LogP contribution in [0.4, 0.5) is 4.39 Å². The SMILES string of the molecule is Cc1cc(C(O)CCC2CCCO2)c(Cl)cc1F. The van der Waals surface area contributed by atoms with Gasteiger partial charge in [-0.15, -0.1) is 0 Å². The second-order valence-electron chi connectivity index (χ2n) is 4.85. The molecule has 18 heavy (non-hydrogen) atoms. The molecule has 1 heterocycles. The van der Waals surface area contributed by atoms with Gasteiger partial charge in [-0.2, -0.15) is 0 Å². The molecule has 0 bridgehead atoms. The summed E-state index contributed by atoms with van der Waals surface area (Å²) in [5.41, 5.74) is 1.11. The van der Waals surface area contributed by atoms with E-state index in [-0.39, 0.29) is 16.9 Å². The van der Waals surface area contributed by atoms with Crippen LogP contribution in [0, 0.1) is 12.7 Å². The Bertz CT molecular complexity index is 417. The van der Waals surface area contributed by atoms with Crippen LogP contribution in [0.1, 0.15) is 42.9 Å². The number of halogens is 2. The first-order valence-electron chi connectivity index (χ1n) is 6.33. The number of aliphatic hydroxyl groups is 1. The van der Waals surface area contributed by atoms with E-state index < -0.39 is 6.10 Å². The smallest absolute Gasteiger partial charge is 0.127 e. The third-order valence-corrected chi connectivity index (χ3v) is 3.75. The van der Waals surface area contributed by atoms with Gasteiger partial charge < -0.3 is 9.84 Å². The van der Waals surface area contributed by atoms with Gasteiger partial charge in [0.1, 0.15) is 5.82 Å². The first-order chi connectivity index (χ1) is 8.58. The highest BCUT2D eigenvalue weighted by Crippen LogP contribution is 2.30. The van der Waals surface area contributed by atoms with Crippen molar-refractivity contribution >= 4 is 11.6 Å². The maximum atomic E-state index is 13.3. The van der Waals surface area contributed by atoms with Gasteiger partial charge in [-0.3, -0.25) is 0 Å². The van der Waals surface area contributed by atoms with Crippen LogP contribution in [0.15, 0.2) is 12.1 Å². The van der Waals surface area contributed by atoms with Crippen molar-refractivity contribution in [3.05, 3.63) is 34.1 Å². The number of rotatable bonds is 4. The van der Waals surface area contributed by atoms with Crippen molar-refractivity contribution in [2.45, 2.75) is 44.8 Å². The van der Waals surface area contributed by atoms with E-state index >= 15 is 0 Å². The molecule has 100 valence electrons. The fourth-order valence-corrected chi connectivity index (χ4v) is 2.58. The van der Waals surface area contributed by atoms with Gasteiger partial charge in [-0.05, 0) is 55.9 Å². The summed E-state index contributed by atoms with van der Waals surface area (Å²) < 4.78 is 18.8. The molecule has 1 aliphatic rings. The fourth-order valence-electron chi connectivity index (χ4n) is 2.31. The van der Waals surface area contributed by atoms with Crippen LogP contribution in [0.5, 0.6) is 0 Å². The molecule has 1 N–H and O–H groups in total. The van der Waals surface area contributed by atoms with Crippen molar-refractivity contribution in [1.29, 1.82) is 0 Å². The Morgan fingerprint density at radius 2 is 2.33 bits per heavy atom. The van der Waals surface area contributed by atoms with Crippen molar-refractivity contribution < 1.29 is 14.2 Å². The first kappa shape index (κ1) is 13.8. The summed E-state index contributed by atoms with van der Waals surface area (Å²) in [6, 6.07) is 2.89. The Hall–Kier alpha value is -0.640. The summed E-state index contributed by atoms with van der Waals surface area (Å²) in [6.45, 7) is 2.49. The Balaban J connectivity index is 1.99. The quantitative estimate of drug-likeness (QED) is 0.904. The minimum absolute atomic E-state index is 0.250. The van der Waals surface area contributed by atoms with E-state index in [2.05, 4.69) is 0 Å². The molecule has 1 aliphatic heterocycles. The largest absolute Gasteiger partial charge is 0.388 e.